The number of carbonyl (C=O) groups excluding carboxylic acids is 1. The zero-order valence-electron chi connectivity index (χ0n) is 10.7. The number of nitrogens with two attached hydrogens (primary N) is 1. The van der Waals surface area contributed by atoms with Gasteiger partial charge >= 0.3 is 5.97 Å². The summed E-state index contributed by atoms with van der Waals surface area (Å²) in [5.41, 5.74) is 5.53. The Bertz CT molecular complexity index is 251. The van der Waals surface area contributed by atoms with Gasteiger partial charge in [0, 0.05) is 0 Å². The Morgan fingerprint density at radius 2 is 1.65 bits per heavy atom. The topological polar surface area (TPSA) is 52.3 Å². The molecule has 2 aliphatic rings. The van der Waals surface area contributed by atoms with Gasteiger partial charge in [-0.15, -0.1) is 0 Å². The van der Waals surface area contributed by atoms with Crippen molar-refractivity contribution in [3.63, 3.8) is 0 Å². The van der Waals surface area contributed by atoms with E-state index in [2.05, 4.69) is 0 Å². The van der Waals surface area contributed by atoms with E-state index in [1.165, 1.54) is 38.5 Å². The van der Waals surface area contributed by atoms with Crippen LogP contribution in [0.5, 0.6) is 0 Å². The Kier molecular flexibility index (Phi) is 4.43. The first-order valence-corrected chi connectivity index (χ1v) is 7.17. The average molecular weight is 239 g/mol. The summed E-state index contributed by atoms with van der Waals surface area (Å²) >= 11 is 0. The number of hydrogen-bond donors (Lipinski definition) is 1. The second-order valence-corrected chi connectivity index (χ2v) is 5.82. The minimum atomic E-state index is -0.685. The number of ether oxygens (including phenoxy) is 1. The molecule has 0 saturated heterocycles. The third-order valence-electron chi connectivity index (χ3n) is 4.33. The molecule has 0 spiro atoms. The fraction of sp³-hybridized carbons (Fsp3) is 0.929. The van der Waals surface area contributed by atoms with Crippen LogP contribution >= 0.6 is 0 Å². The van der Waals surface area contributed by atoms with Crippen LogP contribution in [0.25, 0.3) is 0 Å². The van der Waals surface area contributed by atoms with Crippen LogP contribution in [0.2, 0.25) is 0 Å². The lowest BCUT2D eigenvalue weighted by molar-refractivity contribution is -0.152. The van der Waals surface area contributed by atoms with Crippen LogP contribution in [0.15, 0.2) is 0 Å². The Labute approximate surface area is 104 Å². The van der Waals surface area contributed by atoms with Crippen molar-refractivity contribution < 1.29 is 9.53 Å². The van der Waals surface area contributed by atoms with Crippen molar-refractivity contribution in [1.29, 1.82) is 0 Å². The lowest BCUT2D eigenvalue weighted by Crippen LogP contribution is -2.48. The summed E-state index contributed by atoms with van der Waals surface area (Å²) in [6.45, 7) is 0.595. The van der Waals surface area contributed by atoms with Crippen molar-refractivity contribution in [3.05, 3.63) is 0 Å². The summed E-state index contributed by atoms with van der Waals surface area (Å²) in [6.07, 6.45) is 11.1. The summed E-state index contributed by atoms with van der Waals surface area (Å²) in [6, 6.07) is 0. The molecule has 17 heavy (non-hydrogen) atoms. The van der Waals surface area contributed by atoms with Gasteiger partial charge in [-0.2, -0.15) is 0 Å². The maximum atomic E-state index is 12.1. The van der Waals surface area contributed by atoms with Gasteiger partial charge in [-0.1, -0.05) is 38.5 Å². The molecule has 2 saturated carbocycles. The van der Waals surface area contributed by atoms with Gasteiger partial charge < -0.3 is 10.5 Å². The van der Waals surface area contributed by atoms with Crippen LogP contribution in [-0.4, -0.2) is 18.1 Å². The third kappa shape index (κ3) is 3.44. The van der Waals surface area contributed by atoms with Crippen molar-refractivity contribution in [2.75, 3.05) is 6.61 Å². The molecule has 3 heteroatoms. The van der Waals surface area contributed by atoms with Crippen LogP contribution in [0.1, 0.15) is 64.2 Å². The molecule has 3 nitrogen and oxygen atoms in total. The average Bonchev–Trinajstić information content (AvgIpc) is 2.74. The van der Waals surface area contributed by atoms with E-state index >= 15 is 0 Å². The predicted octanol–water partition coefficient (Wildman–Crippen LogP) is 2.77. The Hall–Kier alpha value is -0.570. The first kappa shape index (κ1) is 12.9. The Morgan fingerprint density at radius 1 is 1.06 bits per heavy atom. The molecule has 0 aromatic rings. The first-order chi connectivity index (χ1) is 8.21. The molecule has 2 rings (SSSR count). The minimum Gasteiger partial charge on any atom is -0.464 e. The molecule has 2 fully saturated rings. The van der Waals surface area contributed by atoms with E-state index in [1.54, 1.807) is 0 Å². The molecule has 2 aliphatic carbocycles. The van der Waals surface area contributed by atoms with Crippen molar-refractivity contribution in [3.8, 4) is 0 Å². The Balaban J connectivity index is 1.80. The molecule has 0 aromatic heterocycles. The highest BCUT2D eigenvalue weighted by atomic mass is 16.5. The molecule has 0 bridgehead atoms. The fourth-order valence-corrected chi connectivity index (χ4v) is 3.08. The predicted molar refractivity (Wildman–Crippen MR) is 67.5 cm³/mol. The molecule has 0 radical (unpaired) electrons. The first-order valence-electron chi connectivity index (χ1n) is 7.17. The minimum absolute atomic E-state index is 0.147. The van der Waals surface area contributed by atoms with E-state index in [4.69, 9.17) is 10.5 Å². The van der Waals surface area contributed by atoms with Crippen LogP contribution in [-0.2, 0) is 9.53 Å². The highest BCUT2D eigenvalue weighted by Crippen LogP contribution is 2.28. The largest absolute Gasteiger partial charge is 0.464 e. The smallest absolute Gasteiger partial charge is 0.326 e. The number of carbonyl (C=O) groups is 1. The summed E-state index contributed by atoms with van der Waals surface area (Å²) in [4.78, 5) is 12.1. The van der Waals surface area contributed by atoms with Crippen molar-refractivity contribution in [1.82, 2.24) is 0 Å². The maximum absolute atomic E-state index is 12.1. The van der Waals surface area contributed by atoms with E-state index in [0.29, 0.717) is 12.5 Å². The molecule has 0 aromatic carbocycles. The van der Waals surface area contributed by atoms with Crippen molar-refractivity contribution in [2.45, 2.75) is 69.7 Å². The van der Waals surface area contributed by atoms with Gasteiger partial charge in [0.25, 0.3) is 0 Å². The summed E-state index contributed by atoms with van der Waals surface area (Å²) in [5, 5.41) is 0. The van der Waals surface area contributed by atoms with Gasteiger partial charge in [-0.05, 0) is 31.6 Å². The zero-order chi connectivity index (χ0) is 12.1. The summed E-state index contributed by atoms with van der Waals surface area (Å²) < 4.78 is 5.46. The van der Waals surface area contributed by atoms with Crippen molar-refractivity contribution >= 4 is 5.97 Å². The number of esters is 1. The molecule has 0 unspecified atom stereocenters. The molecule has 2 N–H and O–H groups in total. The van der Waals surface area contributed by atoms with E-state index in [-0.39, 0.29) is 5.97 Å². The standard InChI is InChI=1S/C14H25NO2/c15-14(9-5-1-2-6-10-14)13(16)17-11-12-7-3-4-8-12/h12H,1-11,15H2. The van der Waals surface area contributed by atoms with Crippen molar-refractivity contribution in [2.24, 2.45) is 11.7 Å². The lowest BCUT2D eigenvalue weighted by atomic mass is 9.91. The van der Waals surface area contributed by atoms with E-state index in [9.17, 15) is 4.79 Å². The summed E-state index contributed by atoms with van der Waals surface area (Å²) in [7, 11) is 0. The van der Waals surface area contributed by atoms with Gasteiger partial charge in [-0.3, -0.25) is 4.79 Å². The highest BCUT2D eigenvalue weighted by Gasteiger charge is 2.36. The maximum Gasteiger partial charge on any atom is 0.326 e. The monoisotopic (exact) mass is 239 g/mol. The van der Waals surface area contributed by atoms with Crippen LogP contribution in [0, 0.1) is 5.92 Å². The van der Waals surface area contributed by atoms with E-state index in [1.807, 2.05) is 0 Å². The second-order valence-electron chi connectivity index (χ2n) is 5.82. The van der Waals surface area contributed by atoms with Gasteiger partial charge in [0.2, 0.25) is 0 Å². The van der Waals surface area contributed by atoms with Gasteiger partial charge in [0.15, 0.2) is 0 Å². The van der Waals surface area contributed by atoms with Gasteiger partial charge in [-0.25, -0.2) is 0 Å². The lowest BCUT2D eigenvalue weighted by Gasteiger charge is -2.26. The third-order valence-corrected chi connectivity index (χ3v) is 4.33. The van der Waals surface area contributed by atoms with E-state index < -0.39 is 5.54 Å². The normalized spacial score (nSPS) is 25.5. The molecule has 0 heterocycles. The molecule has 0 atom stereocenters. The molecular weight excluding hydrogens is 214 g/mol. The molecule has 0 aliphatic heterocycles. The Morgan fingerprint density at radius 3 is 2.24 bits per heavy atom. The molecular formula is C14H25NO2. The van der Waals surface area contributed by atoms with Crippen LogP contribution in [0.3, 0.4) is 0 Å². The number of rotatable bonds is 3. The van der Waals surface area contributed by atoms with Crippen LogP contribution in [0.4, 0.5) is 0 Å². The molecule has 0 amide bonds. The number of hydrogen-bond acceptors (Lipinski definition) is 3. The van der Waals surface area contributed by atoms with Gasteiger partial charge in [0.05, 0.1) is 6.61 Å². The molecule has 98 valence electrons. The highest BCUT2D eigenvalue weighted by molar-refractivity contribution is 5.80. The van der Waals surface area contributed by atoms with E-state index in [0.717, 1.165) is 25.7 Å². The quantitative estimate of drug-likeness (QED) is 0.608. The summed E-state index contributed by atoms with van der Waals surface area (Å²) in [5.74, 6) is 0.444. The van der Waals surface area contributed by atoms with Gasteiger partial charge in [0.1, 0.15) is 5.54 Å². The zero-order valence-corrected chi connectivity index (χ0v) is 10.7. The second kappa shape index (κ2) is 5.85. The fourth-order valence-electron chi connectivity index (χ4n) is 3.08. The van der Waals surface area contributed by atoms with Crippen LogP contribution < -0.4 is 5.73 Å². The SMILES string of the molecule is NC1(C(=O)OCC2CCCC2)CCCCCC1.